The van der Waals surface area contributed by atoms with Crippen LogP contribution in [0.15, 0.2) is 29.8 Å². The lowest BCUT2D eigenvalue weighted by atomic mass is 10.0. The number of hydrogen-bond acceptors (Lipinski definition) is 3. The molecule has 0 spiro atoms. The lowest BCUT2D eigenvalue weighted by Crippen LogP contribution is -2.39. The van der Waals surface area contributed by atoms with E-state index in [4.69, 9.17) is 4.74 Å². The summed E-state index contributed by atoms with van der Waals surface area (Å²) in [6.45, 7) is 7.46. The van der Waals surface area contributed by atoms with E-state index in [9.17, 15) is 4.39 Å². The van der Waals surface area contributed by atoms with Crippen molar-refractivity contribution in [3.8, 4) is 5.75 Å². The van der Waals surface area contributed by atoms with Gasteiger partial charge in [0.05, 0.1) is 7.11 Å². The Morgan fingerprint density at radius 3 is 2.67 bits per heavy atom. The van der Waals surface area contributed by atoms with Gasteiger partial charge in [-0.15, -0.1) is 0 Å². The van der Waals surface area contributed by atoms with Crippen LogP contribution in [0.3, 0.4) is 0 Å². The van der Waals surface area contributed by atoms with Crippen LogP contribution in [0, 0.1) is 5.82 Å². The summed E-state index contributed by atoms with van der Waals surface area (Å²) in [5.74, 6) is -0.0272. The predicted molar refractivity (Wildman–Crippen MR) is 85.5 cm³/mol. The Kier molecular flexibility index (Phi) is 5.62. The number of allylic oxidation sites excluding steroid dienone is 1. The van der Waals surface area contributed by atoms with E-state index in [-0.39, 0.29) is 11.6 Å². The third-order valence-corrected chi connectivity index (χ3v) is 3.87. The standard InChI is InChI=1S/C17H25FN2O/c1-13(2)6-9-20-10-7-14(8-11-20)19-15-4-5-17(21-3)16(18)12-15/h4-6,12,14,19H,7-11H2,1-3H3. The number of halogens is 1. The SMILES string of the molecule is COc1ccc(NC2CCN(CC=C(C)C)CC2)cc1F. The van der Waals surface area contributed by atoms with Gasteiger partial charge in [-0.05, 0) is 38.8 Å². The molecule has 3 nitrogen and oxygen atoms in total. The quantitative estimate of drug-likeness (QED) is 0.838. The first-order valence-corrected chi connectivity index (χ1v) is 7.54. The average molecular weight is 292 g/mol. The van der Waals surface area contributed by atoms with Crippen LogP contribution < -0.4 is 10.1 Å². The van der Waals surface area contributed by atoms with Crippen LogP contribution in [0.25, 0.3) is 0 Å². The summed E-state index contributed by atoms with van der Waals surface area (Å²) in [5, 5.41) is 3.42. The summed E-state index contributed by atoms with van der Waals surface area (Å²) in [6.07, 6.45) is 4.45. The van der Waals surface area contributed by atoms with E-state index in [0.717, 1.165) is 38.2 Å². The smallest absolute Gasteiger partial charge is 0.167 e. The van der Waals surface area contributed by atoms with Crippen LogP contribution in [-0.2, 0) is 0 Å². The molecular formula is C17H25FN2O. The number of hydrogen-bond donors (Lipinski definition) is 1. The zero-order valence-electron chi connectivity index (χ0n) is 13.2. The van der Waals surface area contributed by atoms with Crippen LogP contribution in [0.5, 0.6) is 5.75 Å². The molecule has 21 heavy (non-hydrogen) atoms. The summed E-state index contributed by atoms with van der Waals surface area (Å²) in [5.41, 5.74) is 2.19. The minimum absolute atomic E-state index is 0.289. The van der Waals surface area contributed by atoms with Gasteiger partial charge in [0.1, 0.15) is 0 Å². The highest BCUT2D eigenvalue weighted by atomic mass is 19.1. The van der Waals surface area contributed by atoms with Crippen molar-refractivity contribution in [2.24, 2.45) is 0 Å². The molecule has 4 heteroatoms. The molecule has 1 saturated heterocycles. The molecule has 2 rings (SSSR count). The predicted octanol–water partition coefficient (Wildman–Crippen LogP) is 3.68. The van der Waals surface area contributed by atoms with Crippen LogP contribution in [0.1, 0.15) is 26.7 Å². The van der Waals surface area contributed by atoms with E-state index in [1.165, 1.54) is 18.7 Å². The first-order chi connectivity index (χ1) is 10.1. The molecule has 1 aliphatic rings. The van der Waals surface area contributed by atoms with Gasteiger partial charge in [0.25, 0.3) is 0 Å². The number of nitrogens with one attached hydrogen (secondary N) is 1. The highest BCUT2D eigenvalue weighted by Crippen LogP contribution is 2.23. The van der Waals surface area contributed by atoms with Crippen molar-refractivity contribution >= 4 is 5.69 Å². The Balaban J connectivity index is 1.83. The second kappa shape index (κ2) is 7.46. The zero-order chi connectivity index (χ0) is 15.2. The van der Waals surface area contributed by atoms with Crippen molar-refractivity contribution in [1.29, 1.82) is 0 Å². The van der Waals surface area contributed by atoms with Gasteiger partial charge in [0.15, 0.2) is 11.6 Å². The largest absolute Gasteiger partial charge is 0.494 e. The van der Waals surface area contributed by atoms with Gasteiger partial charge in [0, 0.05) is 37.4 Å². The van der Waals surface area contributed by atoms with Gasteiger partial charge in [-0.25, -0.2) is 4.39 Å². The second-order valence-corrected chi connectivity index (χ2v) is 5.85. The third kappa shape index (κ3) is 4.74. The molecule has 0 saturated carbocycles. The van der Waals surface area contributed by atoms with Crippen LogP contribution in [0.4, 0.5) is 10.1 Å². The molecule has 1 aromatic rings. The first-order valence-electron chi connectivity index (χ1n) is 7.54. The molecule has 1 aromatic carbocycles. The summed E-state index contributed by atoms with van der Waals surface area (Å²) in [4.78, 5) is 2.46. The molecule has 0 atom stereocenters. The van der Waals surface area contributed by atoms with E-state index in [2.05, 4.69) is 30.1 Å². The number of likely N-dealkylation sites (tertiary alicyclic amines) is 1. The van der Waals surface area contributed by atoms with E-state index in [1.54, 1.807) is 6.07 Å². The highest BCUT2D eigenvalue weighted by molar-refractivity contribution is 5.48. The molecule has 116 valence electrons. The van der Waals surface area contributed by atoms with Crippen LogP contribution >= 0.6 is 0 Å². The Morgan fingerprint density at radius 2 is 2.10 bits per heavy atom. The van der Waals surface area contributed by atoms with Crippen LogP contribution in [0.2, 0.25) is 0 Å². The van der Waals surface area contributed by atoms with Gasteiger partial charge in [-0.2, -0.15) is 0 Å². The molecule has 1 heterocycles. The highest BCUT2D eigenvalue weighted by Gasteiger charge is 2.18. The number of piperidine rings is 1. The summed E-state index contributed by atoms with van der Waals surface area (Å²) >= 11 is 0. The lowest BCUT2D eigenvalue weighted by molar-refractivity contribution is 0.240. The third-order valence-electron chi connectivity index (χ3n) is 3.87. The van der Waals surface area contributed by atoms with Crippen molar-refractivity contribution in [3.05, 3.63) is 35.7 Å². The summed E-state index contributed by atoms with van der Waals surface area (Å²) in [6, 6.07) is 5.47. The zero-order valence-corrected chi connectivity index (χ0v) is 13.2. The number of methoxy groups -OCH3 is 1. The first kappa shape index (κ1) is 15.8. The van der Waals surface area contributed by atoms with Gasteiger partial charge < -0.3 is 10.1 Å². The van der Waals surface area contributed by atoms with E-state index in [0.29, 0.717) is 6.04 Å². The van der Waals surface area contributed by atoms with E-state index < -0.39 is 0 Å². The number of benzene rings is 1. The van der Waals surface area contributed by atoms with Crippen molar-refractivity contribution in [2.75, 3.05) is 32.1 Å². The molecule has 0 bridgehead atoms. The Bertz CT molecular complexity index is 490. The van der Waals surface area contributed by atoms with Crippen molar-refractivity contribution in [1.82, 2.24) is 4.90 Å². The second-order valence-electron chi connectivity index (χ2n) is 5.85. The van der Waals surface area contributed by atoms with Crippen molar-refractivity contribution in [2.45, 2.75) is 32.7 Å². The fourth-order valence-corrected chi connectivity index (χ4v) is 2.56. The summed E-state index contributed by atoms with van der Waals surface area (Å²) in [7, 11) is 1.48. The Hall–Kier alpha value is -1.55. The van der Waals surface area contributed by atoms with Gasteiger partial charge >= 0.3 is 0 Å². The molecule has 0 radical (unpaired) electrons. The van der Waals surface area contributed by atoms with Gasteiger partial charge in [0.2, 0.25) is 0 Å². The van der Waals surface area contributed by atoms with Crippen molar-refractivity contribution in [3.63, 3.8) is 0 Å². The molecule has 1 N–H and O–H groups in total. The maximum Gasteiger partial charge on any atom is 0.167 e. The molecule has 0 amide bonds. The molecule has 0 aliphatic carbocycles. The van der Waals surface area contributed by atoms with E-state index >= 15 is 0 Å². The number of anilines is 1. The van der Waals surface area contributed by atoms with Gasteiger partial charge in [-0.1, -0.05) is 11.6 Å². The average Bonchev–Trinajstić information content (AvgIpc) is 2.47. The fraction of sp³-hybridized carbons (Fsp3) is 0.529. The molecule has 1 fully saturated rings. The minimum Gasteiger partial charge on any atom is -0.494 e. The topological polar surface area (TPSA) is 24.5 Å². The van der Waals surface area contributed by atoms with Crippen molar-refractivity contribution < 1.29 is 9.13 Å². The molecule has 0 unspecified atom stereocenters. The number of rotatable bonds is 5. The Morgan fingerprint density at radius 1 is 1.38 bits per heavy atom. The molecule has 0 aromatic heterocycles. The Labute approximate surface area is 126 Å². The van der Waals surface area contributed by atoms with E-state index in [1.807, 2.05) is 6.07 Å². The molecule has 1 aliphatic heterocycles. The lowest BCUT2D eigenvalue weighted by Gasteiger charge is -2.32. The fourth-order valence-electron chi connectivity index (χ4n) is 2.56. The monoisotopic (exact) mass is 292 g/mol. The summed E-state index contributed by atoms with van der Waals surface area (Å²) < 4.78 is 18.6. The number of nitrogens with zero attached hydrogens (tertiary/aromatic N) is 1. The van der Waals surface area contributed by atoms with Gasteiger partial charge in [-0.3, -0.25) is 4.90 Å². The minimum atomic E-state index is -0.316. The number of ether oxygens (including phenoxy) is 1. The maximum atomic E-state index is 13.7. The molecular weight excluding hydrogens is 267 g/mol. The maximum absolute atomic E-state index is 13.7. The normalized spacial score (nSPS) is 16.6. The van der Waals surface area contributed by atoms with Crippen LogP contribution in [-0.4, -0.2) is 37.7 Å².